The lowest BCUT2D eigenvalue weighted by atomic mass is 9.73. The predicted molar refractivity (Wildman–Crippen MR) is 80.7 cm³/mol. The van der Waals surface area contributed by atoms with Gasteiger partial charge in [0.2, 0.25) is 0 Å². The fraction of sp³-hybridized carbons (Fsp3) is 0.733. The van der Waals surface area contributed by atoms with E-state index in [4.69, 9.17) is 0 Å². The van der Waals surface area contributed by atoms with Gasteiger partial charge < -0.3 is 4.57 Å². The van der Waals surface area contributed by atoms with E-state index < -0.39 is 8.96 Å². The quantitative estimate of drug-likeness (QED) is 0.672. The molecule has 0 aromatic rings. The van der Waals surface area contributed by atoms with Gasteiger partial charge >= 0.3 is 0 Å². The summed E-state index contributed by atoms with van der Waals surface area (Å²) in [6.45, 7) is 16.8. The van der Waals surface area contributed by atoms with Crippen LogP contribution in [0.4, 0.5) is 0 Å². The highest BCUT2D eigenvalue weighted by atomic mass is 28.3. The summed E-state index contributed by atoms with van der Waals surface area (Å²) in [5.41, 5.74) is 2.11. The van der Waals surface area contributed by atoms with Crippen molar-refractivity contribution in [3.05, 3.63) is 23.9 Å². The second-order valence-electron chi connectivity index (χ2n) is 6.63. The summed E-state index contributed by atoms with van der Waals surface area (Å²) in [6.07, 6.45) is 9.12. The Labute approximate surface area is 109 Å². The number of hydrogen-bond donors (Lipinski definition) is 0. The first-order chi connectivity index (χ1) is 7.74. The van der Waals surface area contributed by atoms with Gasteiger partial charge in [0.25, 0.3) is 0 Å². The van der Waals surface area contributed by atoms with Crippen molar-refractivity contribution in [3.63, 3.8) is 0 Å². The lowest BCUT2D eigenvalue weighted by Crippen LogP contribution is -2.58. The second-order valence-corrected chi connectivity index (χ2v) is 9.34. The maximum Gasteiger partial charge on any atom is 0.134 e. The van der Waals surface area contributed by atoms with Gasteiger partial charge in [-0.1, -0.05) is 52.9 Å². The Balaban J connectivity index is 3.12. The Morgan fingerprint density at radius 3 is 2.12 bits per heavy atom. The molecule has 0 aliphatic heterocycles. The van der Waals surface area contributed by atoms with E-state index in [2.05, 4.69) is 70.5 Å². The molecule has 0 aromatic carbocycles. The molecule has 0 bridgehead atoms. The van der Waals surface area contributed by atoms with Crippen LogP contribution in [0.25, 0.3) is 0 Å². The fourth-order valence-corrected chi connectivity index (χ4v) is 5.46. The van der Waals surface area contributed by atoms with E-state index in [1.807, 2.05) is 0 Å². The third-order valence-electron chi connectivity index (χ3n) is 4.41. The Morgan fingerprint density at radius 1 is 1.24 bits per heavy atom. The fourth-order valence-electron chi connectivity index (χ4n) is 2.90. The molecule has 1 unspecified atom stereocenters. The zero-order chi connectivity index (χ0) is 13.3. The van der Waals surface area contributed by atoms with Gasteiger partial charge in [0, 0.05) is 17.7 Å². The Hall–Kier alpha value is -0.503. The van der Waals surface area contributed by atoms with Gasteiger partial charge in [-0.25, -0.2) is 0 Å². The standard InChI is InChI=1S/C15H29NSi/c1-8-15(5,14(2,3)4)16(17(6)7)13-11-9-10-12-13/h9-11,17H,8,12H2,1-7H3. The highest BCUT2D eigenvalue weighted by Gasteiger charge is 2.42. The molecule has 1 aliphatic carbocycles. The molecule has 0 fully saturated rings. The van der Waals surface area contributed by atoms with Gasteiger partial charge in [-0.3, -0.25) is 0 Å². The summed E-state index contributed by atoms with van der Waals surface area (Å²) >= 11 is 0. The smallest absolute Gasteiger partial charge is 0.134 e. The Kier molecular flexibility index (Phi) is 4.29. The molecule has 98 valence electrons. The number of nitrogens with zero attached hydrogens (tertiary/aromatic N) is 1. The summed E-state index contributed by atoms with van der Waals surface area (Å²) in [6, 6.07) is 0. The third kappa shape index (κ3) is 2.67. The van der Waals surface area contributed by atoms with E-state index in [0.29, 0.717) is 5.41 Å². The molecule has 0 saturated carbocycles. The molecule has 0 radical (unpaired) electrons. The van der Waals surface area contributed by atoms with Crippen LogP contribution in [0.2, 0.25) is 13.1 Å². The first-order valence-electron chi connectivity index (χ1n) is 6.89. The predicted octanol–water partition coefficient (Wildman–Crippen LogP) is 4.33. The van der Waals surface area contributed by atoms with Crippen molar-refractivity contribution < 1.29 is 0 Å². The van der Waals surface area contributed by atoms with Crippen molar-refractivity contribution in [1.29, 1.82) is 0 Å². The van der Waals surface area contributed by atoms with Crippen LogP contribution in [0, 0.1) is 5.41 Å². The molecule has 0 N–H and O–H groups in total. The first-order valence-corrected chi connectivity index (χ1v) is 9.71. The van der Waals surface area contributed by atoms with Gasteiger partial charge in [0.15, 0.2) is 0 Å². The molecule has 1 aliphatic rings. The maximum atomic E-state index is 2.77. The van der Waals surface area contributed by atoms with Gasteiger partial charge in [-0.15, -0.1) is 0 Å². The first kappa shape index (κ1) is 14.6. The van der Waals surface area contributed by atoms with E-state index in [9.17, 15) is 0 Å². The monoisotopic (exact) mass is 251 g/mol. The normalized spacial score (nSPS) is 19.4. The van der Waals surface area contributed by atoms with Crippen molar-refractivity contribution in [2.75, 3.05) is 0 Å². The molecule has 0 saturated heterocycles. The molecule has 0 aromatic heterocycles. The minimum absolute atomic E-state index is 0.269. The van der Waals surface area contributed by atoms with Crippen molar-refractivity contribution in [1.82, 2.24) is 4.57 Å². The van der Waals surface area contributed by atoms with Crippen LogP contribution in [0.15, 0.2) is 23.9 Å². The summed E-state index contributed by atoms with van der Waals surface area (Å²) in [7, 11) is -0.856. The van der Waals surface area contributed by atoms with Crippen LogP contribution in [-0.4, -0.2) is 19.1 Å². The van der Waals surface area contributed by atoms with Gasteiger partial charge in [-0.05, 0) is 24.8 Å². The van der Waals surface area contributed by atoms with Crippen LogP contribution in [-0.2, 0) is 0 Å². The number of rotatable bonds is 4. The molecule has 0 amide bonds. The molecule has 0 spiro atoms. The molecule has 1 nitrogen and oxygen atoms in total. The van der Waals surface area contributed by atoms with Crippen molar-refractivity contribution in [2.24, 2.45) is 5.41 Å². The summed E-state index contributed by atoms with van der Waals surface area (Å²) in [4.78, 5) is 0. The zero-order valence-corrected chi connectivity index (χ0v) is 13.8. The van der Waals surface area contributed by atoms with Crippen LogP contribution >= 0.6 is 0 Å². The van der Waals surface area contributed by atoms with Crippen molar-refractivity contribution in [3.8, 4) is 0 Å². The van der Waals surface area contributed by atoms with Gasteiger partial charge in [0.1, 0.15) is 8.96 Å². The van der Waals surface area contributed by atoms with Crippen LogP contribution < -0.4 is 0 Å². The highest BCUT2D eigenvalue weighted by molar-refractivity contribution is 6.53. The van der Waals surface area contributed by atoms with E-state index in [0.717, 1.165) is 6.42 Å². The largest absolute Gasteiger partial charge is 0.398 e. The molecule has 1 rings (SSSR count). The average molecular weight is 251 g/mol. The lowest BCUT2D eigenvalue weighted by Gasteiger charge is -2.54. The maximum absolute atomic E-state index is 2.77. The zero-order valence-electron chi connectivity index (χ0n) is 12.7. The van der Waals surface area contributed by atoms with E-state index >= 15 is 0 Å². The molecule has 2 heteroatoms. The van der Waals surface area contributed by atoms with Crippen LogP contribution in [0.1, 0.15) is 47.5 Å². The molecule has 0 heterocycles. The topological polar surface area (TPSA) is 3.24 Å². The second kappa shape index (κ2) is 5.01. The SMILES string of the molecule is CCC(C)(N(C1=CC=CC1)[SiH](C)C)C(C)(C)C. The Morgan fingerprint density at radius 2 is 1.82 bits per heavy atom. The summed E-state index contributed by atoms with van der Waals surface area (Å²) < 4.78 is 2.77. The average Bonchev–Trinajstić information content (AvgIpc) is 2.68. The van der Waals surface area contributed by atoms with E-state index in [1.54, 1.807) is 0 Å². The summed E-state index contributed by atoms with van der Waals surface area (Å²) in [5, 5.41) is 0. The van der Waals surface area contributed by atoms with Gasteiger partial charge in [0.05, 0.1) is 0 Å². The molecular formula is C15H29NSi. The molecule has 1 atom stereocenters. The van der Waals surface area contributed by atoms with Crippen LogP contribution in [0.5, 0.6) is 0 Å². The highest BCUT2D eigenvalue weighted by Crippen LogP contribution is 2.42. The van der Waals surface area contributed by atoms with E-state index in [1.165, 1.54) is 12.1 Å². The lowest BCUT2D eigenvalue weighted by molar-refractivity contribution is 0.0844. The van der Waals surface area contributed by atoms with Crippen LogP contribution in [0.3, 0.4) is 0 Å². The number of allylic oxidation sites excluding steroid dienone is 3. The van der Waals surface area contributed by atoms with Crippen molar-refractivity contribution in [2.45, 2.75) is 66.1 Å². The third-order valence-corrected chi connectivity index (χ3v) is 6.35. The summed E-state index contributed by atoms with van der Waals surface area (Å²) in [5.74, 6) is 0. The number of hydrogen-bond acceptors (Lipinski definition) is 1. The van der Waals surface area contributed by atoms with Crippen molar-refractivity contribution >= 4 is 8.96 Å². The molecule has 17 heavy (non-hydrogen) atoms. The molecular weight excluding hydrogens is 222 g/mol. The van der Waals surface area contributed by atoms with E-state index in [-0.39, 0.29) is 5.54 Å². The minimum Gasteiger partial charge on any atom is -0.398 e. The Bertz CT molecular complexity index is 322. The minimum atomic E-state index is -0.856. The van der Waals surface area contributed by atoms with Gasteiger partial charge in [-0.2, -0.15) is 0 Å².